The first-order valence-electron chi connectivity index (χ1n) is 5.96. The van der Waals surface area contributed by atoms with Crippen LogP contribution in [0.25, 0.3) is 0 Å². The first-order chi connectivity index (χ1) is 8.70. The summed E-state index contributed by atoms with van der Waals surface area (Å²) in [5, 5.41) is 14.3. The van der Waals surface area contributed by atoms with Crippen molar-refractivity contribution in [3.63, 3.8) is 0 Å². The third-order valence-corrected chi connectivity index (χ3v) is 3.74. The van der Waals surface area contributed by atoms with E-state index in [1.54, 1.807) is 17.4 Å². The van der Waals surface area contributed by atoms with Gasteiger partial charge in [-0.25, -0.2) is 0 Å². The fourth-order valence-electron chi connectivity index (χ4n) is 1.88. The molecule has 0 radical (unpaired) electrons. The van der Waals surface area contributed by atoms with Crippen LogP contribution in [0.4, 0.5) is 0 Å². The number of hydrogen-bond donors (Lipinski definition) is 1. The molecular formula is C14H16N2OS. The lowest BCUT2D eigenvalue weighted by Gasteiger charge is -2.20. The Morgan fingerprint density at radius 2 is 2.22 bits per heavy atom. The summed E-state index contributed by atoms with van der Waals surface area (Å²) >= 11 is 1.76. The van der Waals surface area contributed by atoms with Gasteiger partial charge in [0.15, 0.2) is 0 Å². The van der Waals surface area contributed by atoms with Gasteiger partial charge in [0, 0.05) is 10.9 Å². The van der Waals surface area contributed by atoms with Gasteiger partial charge in [0.1, 0.15) is 11.8 Å². The van der Waals surface area contributed by atoms with E-state index in [-0.39, 0.29) is 0 Å². The Bertz CT molecular complexity index is 522. The Morgan fingerprint density at radius 1 is 1.39 bits per heavy atom. The lowest BCUT2D eigenvalue weighted by atomic mass is 10.0. The van der Waals surface area contributed by atoms with E-state index in [2.05, 4.69) is 36.7 Å². The molecule has 1 atom stereocenters. The Kier molecular flexibility index (Phi) is 4.19. The van der Waals surface area contributed by atoms with E-state index in [9.17, 15) is 0 Å². The standard InChI is InChI=1S/C14H16N2OS/c1-10(2)14(13-4-3-7-18-13)16-9-12-6-5-11(8-15)17-12/h3-7,10,14,16H,9H2,1-2H3. The van der Waals surface area contributed by atoms with Gasteiger partial charge >= 0.3 is 0 Å². The summed E-state index contributed by atoms with van der Waals surface area (Å²) in [6.45, 7) is 5.03. The van der Waals surface area contributed by atoms with E-state index >= 15 is 0 Å². The number of hydrogen-bond acceptors (Lipinski definition) is 4. The summed E-state index contributed by atoms with van der Waals surface area (Å²) in [5.41, 5.74) is 0. The van der Waals surface area contributed by atoms with Crippen LogP contribution in [0, 0.1) is 17.2 Å². The number of nitrogens with one attached hydrogen (secondary N) is 1. The van der Waals surface area contributed by atoms with Gasteiger partial charge < -0.3 is 9.73 Å². The van der Waals surface area contributed by atoms with Gasteiger partial charge in [-0.1, -0.05) is 19.9 Å². The zero-order valence-electron chi connectivity index (χ0n) is 10.5. The molecule has 0 bridgehead atoms. The van der Waals surface area contributed by atoms with Crippen molar-refractivity contribution in [2.45, 2.75) is 26.4 Å². The second-order valence-corrected chi connectivity index (χ2v) is 5.48. The van der Waals surface area contributed by atoms with Crippen molar-refractivity contribution in [1.82, 2.24) is 5.32 Å². The monoisotopic (exact) mass is 260 g/mol. The summed E-state index contributed by atoms with van der Waals surface area (Å²) in [6, 6.07) is 10.1. The largest absolute Gasteiger partial charge is 0.449 e. The molecule has 2 heterocycles. The maximum Gasteiger partial charge on any atom is 0.203 e. The van der Waals surface area contributed by atoms with Gasteiger partial charge in [-0.2, -0.15) is 5.26 Å². The zero-order valence-corrected chi connectivity index (χ0v) is 11.3. The van der Waals surface area contributed by atoms with Gasteiger partial charge in [0.05, 0.1) is 6.54 Å². The van der Waals surface area contributed by atoms with Crippen LogP contribution in [0.2, 0.25) is 0 Å². The number of rotatable bonds is 5. The second kappa shape index (κ2) is 5.85. The van der Waals surface area contributed by atoms with Crippen LogP contribution in [0.15, 0.2) is 34.1 Å². The van der Waals surface area contributed by atoms with Crippen molar-refractivity contribution in [3.8, 4) is 6.07 Å². The molecule has 0 aromatic carbocycles. The molecule has 2 aromatic rings. The van der Waals surface area contributed by atoms with Crippen LogP contribution in [0.3, 0.4) is 0 Å². The topological polar surface area (TPSA) is 49.0 Å². The Balaban J connectivity index is 2.00. The average Bonchev–Trinajstić information content (AvgIpc) is 2.99. The number of thiophene rings is 1. The molecule has 94 valence electrons. The highest BCUT2D eigenvalue weighted by atomic mass is 32.1. The molecule has 0 spiro atoms. The van der Waals surface area contributed by atoms with Gasteiger partial charge in [0.25, 0.3) is 0 Å². The average molecular weight is 260 g/mol. The molecule has 3 nitrogen and oxygen atoms in total. The van der Waals surface area contributed by atoms with Crippen molar-refractivity contribution in [2.75, 3.05) is 0 Å². The van der Waals surface area contributed by atoms with Crippen molar-refractivity contribution < 1.29 is 4.42 Å². The van der Waals surface area contributed by atoms with E-state index < -0.39 is 0 Å². The summed E-state index contributed by atoms with van der Waals surface area (Å²) in [6.07, 6.45) is 0. The smallest absolute Gasteiger partial charge is 0.203 e. The molecule has 0 aliphatic heterocycles. The molecule has 0 saturated heterocycles. The van der Waals surface area contributed by atoms with Crippen molar-refractivity contribution in [1.29, 1.82) is 5.26 Å². The van der Waals surface area contributed by atoms with E-state index in [0.717, 1.165) is 5.76 Å². The normalized spacial score (nSPS) is 12.6. The Labute approximate surface area is 111 Å². The highest BCUT2D eigenvalue weighted by Crippen LogP contribution is 2.26. The quantitative estimate of drug-likeness (QED) is 0.891. The number of nitrogens with zero attached hydrogens (tertiary/aromatic N) is 1. The molecule has 1 unspecified atom stereocenters. The first kappa shape index (κ1) is 12.9. The molecule has 0 fully saturated rings. The molecule has 0 saturated carbocycles. The SMILES string of the molecule is CC(C)C(NCc1ccc(C#N)o1)c1cccs1. The summed E-state index contributed by atoms with van der Waals surface area (Å²) in [7, 11) is 0. The van der Waals surface area contributed by atoms with E-state index in [0.29, 0.717) is 24.3 Å². The lowest BCUT2D eigenvalue weighted by molar-refractivity contribution is 0.386. The minimum atomic E-state index is 0.320. The van der Waals surface area contributed by atoms with E-state index in [1.807, 2.05) is 12.1 Å². The molecule has 1 N–H and O–H groups in total. The minimum absolute atomic E-state index is 0.320. The van der Waals surface area contributed by atoms with Gasteiger partial charge in [0.2, 0.25) is 5.76 Å². The van der Waals surface area contributed by atoms with Crippen molar-refractivity contribution in [3.05, 3.63) is 46.0 Å². The second-order valence-electron chi connectivity index (χ2n) is 4.50. The highest BCUT2D eigenvalue weighted by molar-refractivity contribution is 7.10. The fourth-order valence-corrected chi connectivity index (χ4v) is 2.85. The summed E-state index contributed by atoms with van der Waals surface area (Å²) in [4.78, 5) is 1.33. The minimum Gasteiger partial charge on any atom is -0.449 e. The van der Waals surface area contributed by atoms with Crippen LogP contribution in [-0.4, -0.2) is 0 Å². The van der Waals surface area contributed by atoms with E-state index in [1.165, 1.54) is 4.88 Å². The fraction of sp³-hybridized carbons (Fsp3) is 0.357. The van der Waals surface area contributed by atoms with Gasteiger partial charge in [-0.15, -0.1) is 11.3 Å². The highest BCUT2D eigenvalue weighted by Gasteiger charge is 2.16. The van der Waals surface area contributed by atoms with Crippen molar-refractivity contribution >= 4 is 11.3 Å². The number of furan rings is 1. The Morgan fingerprint density at radius 3 is 2.78 bits per heavy atom. The third-order valence-electron chi connectivity index (χ3n) is 2.78. The maximum absolute atomic E-state index is 8.70. The van der Waals surface area contributed by atoms with Crippen LogP contribution in [0.1, 0.15) is 36.3 Å². The van der Waals surface area contributed by atoms with Crippen LogP contribution in [-0.2, 0) is 6.54 Å². The van der Waals surface area contributed by atoms with E-state index in [4.69, 9.17) is 9.68 Å². The predicted molar refractivity (Wildman–Crippen MR) is 72.2 cm³/mol. The molecule has 0 amide bonds. The molecule has 4 heteroatoms. The molecule has 18 heavy (non-hydrogen) atoms. The van der Waals surface area contributed by atoms with Crippen LogP contribution < -0.4 is 5.32 Å². The lowest BCUT2D eigenvalue weighted by Crippen LogP contribution is -2.24. The van der Waals surface area contributed by atoms with Crippen molar-refractivity contribution in [2.24, 2.45) is 5.92 Å². The van der Waals surface area contributed by atoms with Crippen LogP contribution >= 0.6 is 11.3 Å². The maximum atomic E-state index is 8.70. The molecule has 2 rings (SSSR count). The molecular weight excluding hydrogens is 244 g/mol. The predicted octanol–water partition coefficient (Wildman–Crippen LogP) is 3.70. The molecule has 2 aromatic heterocycles. The Hall–Kier alpha value is -1.57. The molecule has 0 aliphatic carbocycles. The summed E-state index contributed by atoms with van der Waals surface area (Å²) < 4.78 is 5.36. The summed E-state index contributed by atoms with van der Waals surface area (Å²) in [5.74, 6) is 1.67. The zero-order chi connectivity index (χ0) is 13.0. The van der Waals surface area contributed by atoms with Gasteiger partial charge in [-0.05, 0) is 29.5 Å². The van der Waals surface area contributed by atoms with Crippen LogP contribution in [0.5, 0.6) is 0 Å². The third kappa shape index (κ3) is 3.00. The van der Waals surface area contributed by atoms with Gasteiger partial charge in [-0.3, -0.25) is 0 Å². The molecule has 0 aliphatic rings. The number of nitriles is 1. The first-order valence-corrected chi connectivity index (χ1v) is 6.84.